The van der Waals surface area contributed by atoms with E-state index in [9.17, 15) is 34.8 Å². The van der Waals surface area contributed by atoms with Crippen LogP contribution in [0.4, 0.5) is 0 Å². The predicted octanol–water partition coefficient (Wildman–Crippen LogP) is 1.10. The first-order valence-electron chi connectivity index (χ1n) is 12.3. The molecule has 1 fully saturated rings. The Morgan fingerprint density at radius 1 is 1.19 bits per heavy atom. The lowest BCUT2D eigenvalue weighted by Gasteiger charge is -2.50. The Hall–Kier alpha value is -3.21. The van der Waals surface area contributed by atoms with E-state index in [0.717, 1.165) is 12.1 Å². The zero-order valence-corrected chi connectivity index (χ0v) is 21.8. The van der Waals surface area contributed by atoms with Gasteiger partial charge >= 0.3 is 0 Å². The molecule has 0 bridgehead atoms. The molecule has 0 aromatic heterocycles. The fourth-order valence-corrected chi connectivity index (χ4v) is 6.05. The van der Waals surface area contributed by atoms with Gasteiger partial charge in [-0.2, -0.15) is 0 Å². The molecule has 4 unspecified atom stereocenters. The van der Waals surface area contributed by atoms with Crippen molar-refractivity contribution >= 4 is 23.2 Å². The number of nitrogens with zero attached hydrogens (tertiary/aromatic N) is 1. The summed E-state index contributed by atoms with van der Waals surface area (Å²) in [5.41, 5.74) is 3.40. The van der Waals surface area contributed by atoms with E-state index in [4.69, 9.17) is 5.73 Å². The van der Waals surface area contributed by atoms with E-state index in [1.54, 1.807) is 20.2 Å². The van der Waals surface area contributed by atoms with Gasteiger partial charge in [0, 0.05) is 24.6 Å². The summed E-state index contributed by atoms with van der Waals surface area (Å²) in [4.78, 5) is 40.5. The summed E-state index contributed by atoms with van der Waals surface area (Å²) >= 11 is 0. The summed E-state index contributed by atoms with van der Waals surface area (Å²) in [6.07, 6.45) is 0.339. The van der Waals surface area contributed by atoms with Gasteiger partial charge in [-0.25, -0.2) is 0 Å². The largest absolute Gasteiger partial charge is 0.508 e. The molecule has 7 N–H and O–H groups in total. The van der Waals surface area contributed by atoms with E-state index in [0.29, 0.717) is 12.1 Å². The molecule has 1 saturated carbocycles. The Bertz CT molecular complexity index is 1260. The molecule has 10 nitrogen and oxygen atoms in total. The molecule has 0 radical (unpaired) electrons. The minimum absolute atomic E-state index is 0.0421. The van der Waals surface area contributed by atoms with Crippen molar-refractivity contribution in [1.82, 2.24) is 10.2 Å². The first kappa shape index (κ1) is 26.8. The molecule has 3 aliphatic carbocycles. The van der Waals surface area contributed by atoms with Crippen LogP contribution in [-0.2, 0) is 27.3 Å². The summed E-state index contributed by atoms with van der Waals surface area (Å²) in [6, 6.07) is 2.11. The molecule has 0 aliphatic heterocycles. The molecule has 10 heteroatoms. The number of fused-ring (bicyclic) bond motifs is 3. The molecule has 0 heterocycles. The van der Waals surface area contributed by atoms with Gasteiger partial charge in [0.1, 0.15) is 22.8 Å². The molecule has 200 valence electrons. The van der Waals surface area contributed by atoms with Gasteiger partial charge < -0.3 is 31.5 Å². The van der Waals surface area contributed by atoms with Crippen LogP contribution in [0, 0.1) is 17.3 Å². The topological polar surface area (TPSA) is 173 Å². The average Bonchev–Trinajstić information content (AvgIpc) is 2.76. The predicted molar refractivity (Wildman–Crippen MR) is 135 cm³/mol. The van der Waals surface area contributed by atoms with Gasteiger partial charge in [-0.15, -0.1) is 0 Å². The number of hydrogen-bond donors (Lipinski definition) is 6. The SMILES string of the molecule is CN(C)C1C(=O)C(C(N)=O)=C(O)C2(O)C(=O)C3=C(O)c4c(O)ccc(CNCC(C)(C)C)c4CC3CC12. The van der Waals surface area contributed by atoms with Crippen LogP contribution in [-0.4, -0.2) is 75.1 Å². The first-order chi connectivity index (χ1) is 17.1. The van der Waals surface area contributed by atoms with E-state index in [1.807, 2.05) is 0 Å². The number of nitrogens with one attached hydrogen (secondary N) is 1. The summed E-state index contributed by atoms with van der Waals surface area (Å²) < 4.78 is 0. The average molecular weight is 514 g/mol. The minimum Gasteiger partial charge on any atom is -0.508 e. The first-order valence-corrected chi connectivity index (χ1v) is 12.3. The molecule has 1 amide bonds. The molecule has 0 saturated heterocycles. The van der Waals surface area contributed by atoms with Crippen LogP contribution < -0.4 is 11.1 Å². The summed E-state index contributed by atoms with van der Waals surface area (Å²) in [7, 11) is 3.15. The number of likely N-dealkylation sites (N-methyl/N-ethyl adjacent to an activating group) is 1. The number of aromatic hydroxyl groups is 1. The third-order valence-corrected chi connectivity index (χ3v) is 7.67. The van der Waals surface area contributed by atoms with Crippen molar-refractivity contribution in [2.24, 2.45) is 23.0 Å². The summed E-state index contributed by atoms with van der Waals surface area (Å²) in [5.74, 6) is -6.51. The highest BCUT2D eigenvalue weighted by Crippen LogP contribution is 2.52. The molecular weight excluding hydrogens is 478 g/mol. The third-order valence-electron chi connectivity index (χ3n) is 7.67. The lowest BCUT2D eigenvalue weighted by atomic mass is 9.57. The zero-order valence-electron chi connectivity index (χ0n) is 21.8. The quantitative estimate of drug-likeness (QED) is 0.315. The van der Waals surface area contributed by atoms with Crippen molar-refractivity contribution in [1.29, 1.82) is 0 Å². The molecule has 0 spiro atoms. The monoisotopic (exact) mass is 513 g/mol. The highest BCUT2D eigenvalue weighted by molar-refractivity contribution is 6.24. The maximum absolute atomic E-state index is 13.8. The number of benzene rings is 1. The number of hydrogen-bond acceptors (Lipinski definition) is 9. The van der Waals surface area contributed by atoms with Crippen molar-refractivity contribution in [3.05, 3.63) is 45.7 Å². The van der Waals surface area contributed by atoms with Gasteiger partial charge in [-0.05, 0) is 55.5 Å². The number of carbonyl (C=O) groups excluding carboxylic acids is 3. The second-order valence-corrected chi connectivity index (χ2v) is 11.7. The number of phenols is 1. The molecule has 1 aromatic carbocycles. The molecule has 4 atom stereocenters. The standard InChI is InChI=1S/C27H35N3O7/c1-26(2,3)11-29-10-12-6-7-16(31)18-14(12)8-13-9-15-20(30(4)5)22(33)19(25(28)36)24(35)27(15,37)23(34)17(13)21(18)32/h6-7,13,15,20,29,31-32,35,37H,8-11H2,1-5H3,(H2,28,36). The Morgan fingerprint density at radius 3 is 2.41 bits per heavy atom. The van der Waals surface area contributed by atoms with Gasteiger partial charge in [0.25, 0.3) is 5.91 Å². The fraction of sp³-hybridized carbons (Fsp3) is 0.519. The van der Waals surface area contributed by atoms with Crippen molar-refractivity contribution in [3.8, 4) is 5.75 Å². The number of amides is 1. The van der Waals surface area contributed by atoms with Crippen LogP contribution >= 0.6 is 0 Å². The maximum atomic E-state index is 13.8. The van der Waals surface area contributed by atoms with Gasteiger partial charge in [0.15, 0.2) is 11.4 Å². The smallest absolute Gasteiger partial charge is 0.255 e. The van der Waals surface area contributed by atoms with Crippen molar-refractivity contribution in [2.75, 3.05) is 20.6 Å². The van der Waals surface area contributed by atoms with Crippen LogP contribution in [0.25, 0.3) is 5.76 Å². The maximum Gasteiger partial charge on any atom is 0.255 e. The van der Waals surface area contributed by atoms with Crippen LogP contribution in [0.5, 0.6) is 5.75 Å². The fourth-order valence-electron chi connectivity index (χ4n) is 6.05. The number of aliphatic hydroxyl groups is 3. The number of aliphatic hydroxyl groups excluding tert-OH is 2. The van der Waals surface area contributed by atoms with Crippen LogP contribution in [0.15, 0.2) is 29.0 Å². The number of rotatable bonds is 5. The highest BCUT2D eigenvalue weighted by Gasteiger charge is 2.64. The van der Waals surface area contributed by atoms with Gasteiger partial charge in [0.2, 0.25) is 5.78 Å². The van der Waals surface area contributed by atoms with E-state index < -0.39 is 58.0 Å². The Labute approximate surface area is 215 Å². The minimum atomic E-state index is -2.63. The molecule has 3 aliphatic rings. The van der Waals surface area contributed by atoms with Gasteiger partial charge in [-0.3, -0.25) is 19.3 Å². The zero-order chi connectivity index (χ0) is 27.6. The van der Waals surface area contributed by atoms with Crippen LogP contribution in [0.2, 0.25) is 0 Å². The van der Waals surface area contributed by atoms with Crippen molar-refractivity contribution in [2.45, 2.75) is 51.8 Å². The van der Waals surface area contributed by atoms with Crippen molar-refractivity contribution < 1.29 is 34.8 Å². The number of carbonyl (C=O) groups is 3. The summed E-state index contributed by atoms with van der Waals surface area (Å²) in [6.45, 7) is 7.50. The van der Waals surface area contributed by atoms with Gasteiger partial charge in [0.05, 0.1) is 11.6 Å². The molecule has 4 rings (SSSR count). The molecule has 1 aromatic rings. The molecular formula is C27H35N3O7. The van der Waals surface area contributed by atoms with Gasteiger partial charge in [-0.1, -0.05) is 26.8 Å². The Morgan fingerprint density at radius 2 is 1.84 bits per heavy atom. The number of primary amides is 1. The van der Waals surface area contributed by atoms with E-state index in [-0.39, 0.29) is 35.1 Å². The number of phenolic OH excluding ortho intramolecular Hbond substituents is 1. The second kappa shape index (κ2) is 8.97. The molecule has 37 heavy (non-hydrogen) atoms. The third kappa shape index (κ3) is 4.13. The number of nitrogens with two attached hydrogens (primary N) is 1. The second-order valence-electron chi connectivity index (χ2n) is 11.7. The van der Waals surface area contributed by atoms with E-state index >= 15 is 0 Å². The highest BCUT2D eigenvalue weighted by atomic mass is 16.3. The Kier molecular flexibility index (Phi) is 6.51. The Balaban J connectivity index is 1.86. The lowest BCUT2D eigenvalue weighted by Crippen LogP contribution is -2.65. The van der Waals surface area contributed by atoms with Crippen molar-refractivity contribution in [3.63, 3.8) is 0 Å². The lowest BCUT2D eigenvalue weighted by molar-refractivity contribution is -0.153. The van der Waals surface area contributed by atoms with E-state index in [2.05, 4.69) is 26.1 Å². The van der Waals surface area contributed by atoms with Crippen LogP contribution in [0.1, 0.15) is 43.9 Å². The number of ketones is 2. The number of Topliss-reactive ketones (excluding diaryl/α,β-unsaturated/α-hetero) is 2. The summed E-state index contributed by atoms with van der Waals surface area (Å²) in [5, 5.41) is 47.8. The van der Waals surface area contributed by atoms with E-state index in [1.165, 1.54) is 11.0 Å². The van der Waals surface area contributed by atoms with Crippen LogP contribution in [0.3, 0.4) is 0 Å². The normalized spacial score (nSPS) is 27.8.